The van der Waals surface area contributed by atoms with E-state index in [0.717, 1.165) is 29.7 Å². The van der Waals surface area contributed by atoms with Gasteiger partial charge < -0.3 is 15.4 Å². The third-order valence-electron chi connectivity index (χ3n) is 5.88. The highest BCUT2D eigenvalue weighted by Gasteiger charge is 2.37. The number of ketones is 1. The molecule has 2 aromatic rings. The van der Waals surface area contributed by atoms with Crippen LogP contribution in [0.3, 0.4) is 0 Å². The summed E-state index contributed by atoms with van der Waals surface area (Å²) in [5.74, 6) is 0.351. The number of nitriles is 1. The van der Waals surface area contributed by atoms with Crippen molar-refractivity contribution in [2.75, 3.05) is 18.2 Å². The second-order valence-electron chi connectivity index (χ2n) is 8.00. The Morgan fingerprint density at radius 1 is 1.21 bits per heavy atom. The van der Waals surface area contributed by atoms with Gasteiger partial charge in [0.05, 0.1) is 35.5 Å². The van der Waals surface area contributed by atoms with E-state index in [1.54, 1.807) is 31.4 Å². The third kappa shape index (κ3) is 4.81. The number of dihydropyridines is 1. The summed E-state index contributed by atoms with van der Waals surface area (Å²) in [6.07, 6.45) is 2.03. The van der Waals surface area contributed by atoms with Crippen LogP contribution in [0.25, 0.3) is 0 Å². The molecule has 0 spiro atoms. The zero-order valence-corrected chi connectivity index (χ0v) is 19.4. The lowest BCUT2D eigenvalue weighted by molar-refractivity contribution is -0.116. The van der Waals surface area contributed by atoms with Crippen molar-refractivity contribution in [2.45, 2.75) is 32.1 Å². The number of rotatable bonds is 6. The standard InChI is InChI=1S/C26H25N3O3S/c1-16-6-3-4-7-19(16)24-20(14-27)26(29-21-8-5-9-22(30)25(21)24)33-15-23(31)28-17-10-12-18(32-2)13-11-17/h3-4,6-7,10-13,24,29H,5,8-9,15H2,1-2H3,(H,28,31). The Labute approximate surface area is 197 Å². The van der Waals surface area contributed by atoms with E-state index in [2.05, 4.69) is 16.7 Å². The lowest BCUT2D eigenvalue weighted by Crippen LogP contribution is -2.32. The van der Waals surface area contributed by atoms with E-state index in [1.165, 1.54) is 11.8 Å². The smallest absolute Gasteiger partial charge is 0.234 e. The van der Waals surface area contributed by atoms with Crippen LogP contribution in [-0.2, 0) is 9.59 Å². The molecule has 7 heteroatoms. The van der Waals surface area contributed by atoms with Gasteiger partial charge in [-0.25, -0.2) is 0 Å². The van der Waals surface area contributed by atoms with Crippen molar-refractivity contribution < 1.29 is 14.3 Å². The minimum Gasteiger partial charge on any atom is -0.497 e. The summed E-state index contributed by atoms with van der Waals surface area (Å²) in [4.78, 5) is 25.5. The molecule has 0 radical (unpaired) electrons. The van der Waals surface area contributed by atoms with Gasteiger partial charge in [-0.2, -0.15) is 5.26 Å². The summed E-state index contributed by atoms with van der Waals surface area (Å²) in [5.41, 5.74) is 4.72. The second-order valence-corrected chi connectivity index (χ2v) is 8.99. The highest BCUT2D eigenvalue weighted by atomic mass is 32.2. The molecular weight excluding hydrogens is 434 g/mol. The van der Waals surface area contributed by atoms with Crippen molar-refractivity contribution in [1.29, 1.82) is 5.26 Å². The highest BCUT2D eigenvalue weighted by Crippen LogP contribution is 2.44. The minimum absolute atomic E-state index is 0.0889. The molecule has 33 heavy (non-hydrogen) atoms. The molecule has 1 amide bonds. The first kappa shape index (κ1) is 22.7. The van der Waals surface area contributed by atoms with Crippen molar-refractivity contribution in [3.05, 3.63) is 81.5 Å². The summed E-state index contributed by atoms with van der Waals surface area (Å²) in [5, 5.41) is 16.9. The van der Waals surface area contributed by atoms with Crippen molar-refractivity contribution in [3.63, 3.8) is 0 Å². The maximum absolute atomic E-state index is 12.9. The van der Waals surface area contributed by atoms with Gasteiger partial charge in [0, 0.05) is 23.4 Å². The highest BCUT2D eigenvalue weighted by molar-refractivity contribution is 8.03. The summed E-state index contributed by atoms with van der Waals surface area (Å²) in [6.45, 7) is 2.00. The van der Waals surface area contributed by atoms with Gasteiger partial charge in [-0.15, -0.1) is 0 Å². The number of hydrogen-bond donors (Lipinski definition) is 2. The lowest BCUT2D eigenvalue weighted by atomic mass is 9.76. The molecule has 6 nitrogen and oxygen atoms in total. The minimum atomic E-state index is -0.410. The van der Waals surface area contributed by atoms with E-state index in [9.17, 15) is 14.9 Å². The molecule has 0 bridgehead atoms. The van der Waals surface area contributed by atoms with Gasteiger partial charge >= 0.3 is 0 Å². The number of benzene rings is 2. The molecule has 2 N–H and O–H groups in total. The zero-order valence-electron chi connectivity index (χ0n) is 18.6. The van der Waals surface area contributed by atoms with Gasteiger partial charge in [0.1, 0.15) is 5.75 Å². The van der Waals surface area contributed by atoms with E-state index in [4.69, 9.17) is 4.74 Å². The average Bonchev–Trinajstić information content (AvgIpc) is 2.83. The molecule has 0 aromatic heterocycles. The van der Waals surface area contributed by atoms with E-state index >= 15 is 0 Å². The van der Waals surface area contributed by atoms with Gasteiger partial charge in [0.15, 0.2) is 5.78 Å². The molecule has 1 atom stereocenters. The number of allylic oxidation sites excluding steroid dienone is 3. The molecule has 1 unspecified atom stereocenters. The molecule has 4 rings (SSSR count). The first-order chi connectivity index (χ1) is 16.0. The SMILES string of the molecule is COc1ccc(NC(=O)CSC2=C(C#N)C(c3ccccc3C)C3=C(CCCC3=O)N2)cc1. The summed E-state index contributed by atoms with van der Waals surface area (Å²) >= 11 is 1.29. The Kier molecular flexibility index (Phi) is 6.85. The molecular formula is C26H25N3O3S. The first-order valence-corrected chi connectivity index (χ1v) is 11.8. The molecule has 0 fully saturated rings. The van der Waals surface area contributed by atoms with Gasteiger partial charge in [0.2, 0.25) is 5.91 Å². The van der Waals surface area contributed by atoms with Crippen LogP contribution >= 0.6 is 11.8 Å². The normalized spacial score (nSPS) is 17.7. The predicted molar refractivity (Wildman–Crippen MR) is 130 cm³/mol. The fourth-order valence-corrected chi connectivity index (χ4v) is 5.13. The number of nitrogens with zero attached hydrogens (tertiary/aromatic N) is 1. The Balaban J connectivity index is 1.59. The number of methoxy groups -OCH3 is 1. The molecule has 1 aliphatic heterocycles. The fourth-order valence-electron chi connectivity index (χ4n) is 4.27. The molecule has 1 aliphatic carbocycles. The van der Waals surface area contributed by atoms with Gasteiger partial charge in [-0.05, 0) is 55.2 Å². The maximum Gasteiger partial charge on any atom is 0.234 e. The van der Waals surface area contributed by atoms with Crippen LogP contribution in [-0.4, -0.2) is 24.6 Å². The van der Waals surface area contributed by atoms with E-state index in [-0.39, 0.29) is 17.4 Å². The number of hydrogen-bond acceptors (Lipinski definition) is 6. The monoisotopic (exact) mass is 459 g/mol. The van der Waals surface area contributed by atoms with Crippen LogP contribution in [0.1, 0.15) is 36.3 Å². The number of carbonyl (C=O) groups excluding carboxylic acids is 2. The topological polar surface area (TPSA) is 91.2 Å². The van der Waals surface area contributed by atoms with Crippen LogP contribution in [0.5, 0.6) is 5.75 Å². The number of ether oxygens (including phenoxy) is 1. The Bertz CT molecular complexity index is 1190. The van der Waals surface area contributed by atoms with Crippen LogP contribution < -0.4 is 15.4 Å². The average molecular weight is 460 g/mol. The van der Waals surface area contributed by atoms with E-state index in [1.807, 2.05) is 31.2 Å². The summed E-state index contributed by atoms with van der Waals surface area (Å²) < 4.78 is 5.14. The number of carbonyl (C=O) groups is 2. The zero-order chi connectivity index (χ0) is 23.4. The van der Waals surface area contributed by atoms with Gasteiger partial charge in [-0.3, -0.25) is 9.59 Å². The van der Waals surface area contributed by atoms with Gasteiger partial charge in [0.25, 0.3) is 0 Å². The van der Waals surface area contributed by atoms with E-state index < -0.39 is 5.92 Å². The molecule has 0 saturated carbocycles. The van der Waals surface area contributed by atoms with Crippen molar-refractivity contribution in [3.8, 4) is 11.8 Å². The van der Waals surface area contributed by atoms with Crippen LogP contribution in [0.2, 0.25) is 0 Å². The molecule has 0 saturated heterocycles. The number of aryl methyl sites for hydroxylation is 1. The Hall–Kier alpha value is -3.50. The quantitative estimate of drug-likeness (QED) is 0.645. The Morgan fingerprint density at radius 2 is 1.97 bits per heavy atom. The fraction of sp³-hybridized carbons (Fsp3) is 0.269. The third-order valence-corrected chi connectivity index (χ3v) is 6.90. The van der Waals surface area contributed by atoms with Crippen LogP contribution in [0.15, 0.2) is 70.4 Å². The van der Waals surface area contributed by atoms with Crippen molar-refractivity contribution >= 4 is 29.1 Å². The summed E-state index contributed by atoms with van der Waals surface area (Å²) in [6, 6.07) is 17.3. The molecule has 2 aliphatic rings. The number of amides is 1. The predicted octanol–water partition coefficient (Wildman–Crippen LogP) is 4.80. The molecule has 168 valence electrons. The number of thioether (sulfide) groups is 1. The van der Waals surface area contributed by atoms with E-state index in [0.29, 0.717) is 34.0 Å². The second kappa shape index (κ2) is 9.97. The van der Waals surface area contributed by atoms with Crippen molar-refractivity contribution in [1.82, 2.24) is 5.32 Å². The maximum atomic E-state index is 12.9. The van der Waals surface area contributed by atoms with Crippen molar-refractivity contribution in [2.24, 2.45) is 0 Å². The van der Waals surface area contributed by atoms with Crippen LogP contribution in [0, 0.1) is 18.3 Å². The number of Topliss-reactive ketones (excluding diaryl/α,β-unsaturated/α-hetero) is 1. The number of anilines is 1. The van der Waals surface area contributed by atoms with Crippen LogP contribution in [0.4, 0.5) is 5.69 Å². The number of nitrogens with one attached hydrogen (secondary N) is 2. The summed E-state index contributed by atoms with van der Waals surface area (Å²) in [7, 11) is 1.59. The Morgan fingerprint density at radius 3 is 2.67 bits per heavy atom. The van der Waals surface area contributed by atoms with Gasteiger partial charge in [-0.1, -0.05) is 36.0 Å². The molecule has 2 aromatic carbocycles. The largest absolute Gasteiger partial charge is 0.497 e. The molecule has 1 heterocycles. The lowest BCUT2D eigenvalue weighted by Gasteiger charge is -2.33. The first-order valence-electron chi connectivity index (χ1n) is 10.8.